The zero-order valence-electron chi connectivity index (χ0n) is 10.9. The molecule has 0 saturated heterocycles. The Labute approximate surface area is 141 Å². The molecule has 1 N–H and O–H groups in total. The van der Waals surface area contributed by atoms with Gasteiger partial charge in [0.2, 0.25) is 0 Å². The van der Waals surface area contributed by atoms with Gasteiger partial charge in [0, 0.05) is 26.5 Å². The number of rotatable bonds is 3. The Morgan fingerprint density at radius 1 is 1.10 bits per heavy atom. The Kier molecular flexibility index (Phi) is 4.34. The summed E-state index contributed by atoms with van der Waals surface area (Å²) in [5, 5.41) is 1.29. The third-order valence-corrected chi connectivity index (χ3v) is 4.44. The fourth-order valence-corrected chi connectivity index (χ4v) is 3.09. The molecule has 0 aliphatic carbocycles. The van der Waals surface area contributed by atoms with Crippen LogP contribution in [0, 0.1) is 0 Å². The van der Waals surface area contributed by atoms with Crippen LogP contribution in [0.3, 0.4) is 0 Å². The van der Waals surface area contributed by atoms with E-state index >= 15 is 0 Å². The lowest BCUT2D eigenvalue weighted by molar-refractivity contribution is 1.03. The van der Waals surface area contributed by atoms with E-state index in [0.717, 1.165) is 27.1 Å². The van der Waals surface area contributed by atoms with Crippen LogP contribution >= 0.6 is 39.1 Å². The van der Waals surface area contributed by atoms with Gasteiger partial charge in [0.05, 0.1) is 11.9 Å². The summed E-state index contributed by atoms with van der Waals surface area (Å²) in [6.45, 7) is 0. The minimum atomic E-state index is 0.636. The molecule has 21 heavy (non-hydrogen) atoms. The van der Waals surface area contributed by atoms with Gasteiger partial charge < -0.3 is 4.98 Å². The van der Waals surface area contributed by atoms with Crippen LogP contribution in [0.15, 0.2) is 53.1 Å². The summed E-state index contributed by atoms with van der Waals surface area (Å²) < 4.78 is 1.03. The predicted molar refractivity (Wildman–Crippen MR) is 91.0 cm³/mol. The van der Waals surface area contributed by atoms with Crippen LogP contribution in [0.5, 0.6) is 0 Å². The Hall–Kier alpha value is -1.29. The van der Waals surface area contributed by atoms with Gasteiger partial charge in [-0.05, 0) is 23.8 Å². The van der Waals surface area contributed by atoms with Crippen LogP contribution in [0.4, 0.5) is 0 Å². The van der Waals surface area contributed by atoms with E-state index in [2.05, 4.69) is 25.9 Å². The van der Waals surface area contributed by atoms with Gasteiger partial charge in [0.1, 0.15) is 5.82 Å². The van der Waals surface area contributed by atoms with E-state index in [-0.39, 0.29) is 0 Å². The second-order valence-electron chi connectivity index (χ2n) is 4.64. The third kappa shape index (κ3) is 3.31. The quantitative estimate of drug-likeness (QED) is 0.615. The van der Waals surface area contributed by atoms with E-state index in [0.29, 0.717) is 16.5 Å². The minimum absolute atomic E-state index is 0.636. The molecular formula is C16H11BrCl2N2. The van der Waals surface area contributed by atoms with Crippen molar-refractivity contribution in [2.24, 2.45) is 0 Å². The number of aromatic nitrogens is 2. The maximum atomic E-state index is 6.19. The zero-order valence-corrected chi connectivity index (χ0v) is 14.0. The number of H-pyrrole nitrogens is 1. The fourth-order valence-electron chi connectivity index (χ4n) is 2.11. The molecule has 2 nitrogen and oxygen atoms in total. The summed E-state index contributed by atoms with van der Waals surface area (Å²) >= 11 is 15.6. The van der Waals surface area contributed by atoms with Gasteiger partial charge in [0.25, 0.3) is 0 Å². The summed E-state index contributed by atoms with van der Waals surface area (Å²) in [5.74, 6) is 0.866. The molecule has 0 aliphatic rings. The molecule has 0 radical (unpaired) electrons. The molecule has 3 aromatic rings. The predicted octanol–water partition coefficient (Wildman–Crippen LogP) is 5.74. The summed E-state index contributed by atoms with van der Waals surface area (Å²) in [4.78, 5) is 7.75. The van der Waals surface area contributed by atoms with Gasteiger partial charge in [-0.2, -0.15) is 0 Å². The molecule has 3 rings (SSSR count). The molecule has 0 aliphatic heterocycles. The highest BCUT2D eigenvalue weighted by Gasteiger charge is 2.09. The molecule has 1 aromatic heterocycles. The number of benzene rings is 2. The van der Waals surface area contributed by atoms with Crippen LogP contribution in [0.1, 0.15) is 11.4 Å². The number of hydrogen-bond donors (Lipinski definition) is 1. The van der Waals surface area contributed by atoms with Crippen molar-refractivity contribution < 1.29 is 0 Å². The second-order valence-corrected chi connectivity index (χ2v) is 6.33. The Balaban J connectivity index is 1.87. The minimum Gasteiger partial charge on any atom is -0.342 e. The summed E-state index contributed by atoms with van der Waals surface area (Å²) in [6.07, 6.45) is 2.47. The number of nitrogens with one attached hydrogen (secondary N) is 1. The molecule has 0 saturated carbocycles. The van der Waals surface area contributed by atoms with Crippen molar-refractivity contribution in [2.75, 3.05) is 0 Å². The van der Waals surface area contributed by atoms with Crippen molar-refractivity contribution in [3.8, 4) is 11.3 Å². The van der Waals surface area contributed by atoms with Crippen molar-refractivity contribution >= 4 is 39.1 Å². The average Bonchev–Trinajstić information content (AvgIpc) is 2.91. The summed E-state index contributed by atoms with van der Waals surface area (Å²) in [7, 11) is 0. The molecular weight excluding hydrogens is 371 g/mol. The second kappa shape index (κ2) is 6.22. The molecule has 0 atom stereocenters. The van der Waals surface area contributed by atoms with Crippen molar-refractivity contribution in [1.29, 1.82) is 0 Å². The van der Waals surface area contributed by atoms with Gasteiger partial charge >= 0.3 is 0 Å². The lowest BCUT2D eigenvalue weighted by Gasteiger charge is -2.03. The van der Waals surface area contributed by atoms with Crippen molar-refractivity contribution in [1.82, 2.24) is 9.97 Å². The van der Waals surface area contributed by atoms with Crippen LogP contribution in [-0.4, -0.2) is 9.97 Å². The molecule has 0 spiro atoms. The van der Waals surface area contributed by atoms with E-state index in [4.69, 9.17) is 23.2 Å². The molecule has 106 valence electrons. The van der Waals surface area contributed by atoms with E-state index in [9.17, 15) is 0 Å². The Bertz CT molecular complexity index is 783. The lowest BCUT2D eigenvalue weighted by Crippen LogP contribution is -1.92. The van der Waals surface area contributed by atoms with Crippen LogP contribution in [-0.2, 0) is 6.42 Å². The highest BCUT2D eigenvalue weighted by Crippen LogP contribution is 2.27. The average molecular weight is 382 g/mol. The van der Waals surface area contributed by atoms with E-state index < -0.39 is 0 Å². The van der Waals surface area contributed by atoms with Crippen LogP contribution < -0.4 is 0 Å². The lowest BCUT2D eigenvalue weighted by atomic mass is 10.1. The highest BCUT2D eigenvalue weighted by molar-refractivity contribution is 9.10. The summed E-state index contributed by atoms with van der Waals surface area (Å²) in [6, 6.07) is 13.5. The van der Waals surface area contributed by atoms with Gasteiger partial charge in [-0.15, -0.1) is 0 Å². The van der Waals surface area contributed by atoms with E-state index in [1.165, 1.54) is 0 Å². The number of imidazole rings is 1. The number of halogens is 3. The molecule has 0 bridgehead atoms. The van der Waals surface area contributed by atoms with Crippen molar-refractivity contribution in [3.05, 3.63) is 74.6 Å². The van der Waals surface area contributed by atoms with Gasteiger partial charge in [-0.25, -0.2) is 4.98 Å². The molecule has 1 heterocycles. The fraction of sp³-hybridized carbons (Fsp3) is 0.0625. The first-order chi connectivity index (χ1) is 10.1. The molecule has 0 fully saturated rings. The maximum Gasteiger partial charge on any atom is 0.110 e. The van der Waals surface area contributed by atoms with Gasteiger partial charge in [0.15, 0.2) is 0 Å². The topological polar surface area (TPSA) is 28.7 Å². The first kappa shape index (κ1) is 14.6. The highest BCUT2D eigenvalue weighted by atomic mass is 79.9. The van der Waals surface area contributed by atoms with Crippen molar-refractivity contribution in [2.45, 2.75) is 6.42 Å². The van der Waals surface area contributed by atoms with E-state index in [1.54, 1.807) is 6.07 Å². The molecule has 0 unspecified atom stereocenters. The zero-order chi connectivity index (χ0) is 14.8. The SMILES string of the molecule is Clc1ccc(Cc2ncc(-c3ccccc3Br)[nH]2)c(Cl)c1. The molecule has 2 aromatic carbocycles. The third-order valence-electron chi connectivity index (χ3n) is 3.17. The van der Waals surface area contributed by atoms with Crippen LogP contribution in [0.25, 0.3) is 11.3 Å². The Morgan fingerprint density at radius 3 is 2.67 bits per heavy atom. The van der Waals surface area contributed by atoms with Crippen LogP contribution in [0.2, 0.25) is 10.0 Å². The standard InChI is InChI=1S/C16H11BrCl2N2/c17-13-4-2-1-3-12(13)15-9-20-16(21-15)7-10-5-6-11(18)8-14(10)19/h1-6,8-9H,7H2,(H,20,21). The maximum absolute atomic E-state index is 6.19. The summed E-state index contributed by atoms with van der Waals surface area (Å²) in [5.41, 5.74) is 3.05. The first-order valence-corrected chi connectivity index (χ1v) is 7.91. The normalized spacial score (nSPS) is 10.8. The first-order valence-electron chi connectivity index (χ1n) is 6.36. The van der Waals surface area contributed by atoms with Crippen molar-refractivity contribution in [3.63, 3.8) is 0 Å². The number of aromatic amines is 1. The van der Waals surface area contributed by atoms with Gasteiger partial charge in [-0.1, -0.05) is 63.4 Å². The largest absolute Gasteiger partial charge is 0.342 e. The van der Waals surface area contributed by atoms with E-state index in [1.807, 2.05) is 42.6 Å². The molecule has 5 heteroatoms. The number of nitrogens with zero attached hydrogens (tertiary/aromatic N) is 1. The van der Waals surface area contributed by atoms with Gasteiger partial charge in [-0.3, -0.25) is 0 Å². The molecule has 0 amide bonds. The number of hydrogen-bond acceptors (Lipinski definition) is 1. The Morgan fingerprint density at radius 2 is 1.90 bits per heavy atom. The monoisotopic (exact) mass is 380 g/mol. The smallest absolute Gasteiger partial charge is 0.110 e.